The van der Waals surface area contributed by atoms with Crippen molar-refractivity contribution in [3.8, 4) is 0 Å². The van der Waals surface area contributed by atoms with Gasteiger partial charge in [-0.15, -0.1) is 0 Å². The van der Waals surface area contributed by atoms with Crippen molar-refractivity contribution < 1.29 is 4.79 Å². The summed E-state index contributed by atoms with van der Waals surface area (Å²) < 4.78 is 0. The van der Waals surface area contributed by atoms with Crippen molar-refractivity contribution >= 4 is 11.9 Å². The molecule has 0 spiro atoms. The van der Waals surface area contributed by atoms with Gasteiger partial charge in [0.15, 0.2) is 5.96 Å². The Bertz CT molecular complexity index is 675. The zero-order valence-electron chi connectivity index (χ0n) is 13.5. The summed E-state index contributed by atoms with van der Waals surface area (Å²) in [5.74, 6) is 0.310. The van der Waals surface area contributed by atoms with Gasteiger partial charge in [0.25, 0.3) is 0 Å². The van der Waals surface area contributed by atoms with Crippen molar-refractivity contribution in [1.29, 1.82) is 0 Å². The van der Waals surface area contributed by atoms with Gasteiger partial charge in [-0.3, -0.25) is 9.79 Å². The second-order valence-corrected chi connectivity index (χ2v) is 5.33. The molecule has 0 aliphatic heterocycles. The number of hydrogen-bond donors (Lipinski definition) is 3. The fraction of sp³-hybridized carbons (Fsp3) is 0.222. The second kappa shape index (κ2) is 7.98. The third-order valence-electron chi connectivity index (χ3n) is 3.50. The Hall–Kier alpha value is -2.82. The predicted molar refractivity (Wildman–Crippen MR) is 93.2 cm³/mol. The minimum Gasteiger partial charge on any atom is -0.366 e. The number of guanidine groups is 1. The minimum absolute atomic E-state index is 0.417. The zero-order chi connectivity index (χ0) is 16.7. The van der Waals surface area contributed by atoms with E-state index in [0.29, 0.717) is 18.7 Å². The van der Waals surface area contributed by atoms with E-state index in [4.69, 9.17) is 5.73 Å². The largest absolute Gasteiger partial charge is 0.366 e. The van der Waals surface area contributed by atoms with E-state index in [1.807, 2.05) is 12.1 Å². The van der Waals surface area contributed by atoms with Crippen molar-refractivity contribution in [3.63, 3.8) is 0 Å². The van der Waals surface area contributed by atoms with Gasteiger partial charge >= 0.3 is 0 Å². The third kappa shape index (κ3) is 5.14. The number of primary amides is 1. The van der Waals surface area contributed by atoms with Gasteiger partial charge in [-0.1, -0.05) is 42.0 Å². The maximum Gasteiger partial charge on any atom is 0.248 e. The van der Waals surface area contributed by atoms with E-state index in [2.05, 4.69) is 46.8 Å². The van der Waals surface area contributed by atoms with E-state index in [1.165, 1.54) is 11.1 Å². The number of nitrogens with zero attached hydrogens (tertiary/aromatic N) is 1. The summed E-state index contributed by atoms with van der Waals surface area (Å²) >= 11 is 0. The lowest BCUT2D eigenvalue weighted by atomic mass is 10.1. The molecule has 0 aromatic heterocycles. The molecule has 0 radical (unpaired) electrons. The normalized spacial score (nSPS) is 11.1. The van der Waals surface area contributed by atoms with Crippen molar-refractivity contribution in [2.75, 3.05) is 7.05 Å². The molecular weight excluding hydrogens is 288 g/mol. The number of nitrogens with two attached hydrogens (primary N) is 1. The Balaban J connectivity index is 1.85. The van der Waals surface area contributed by atoms with E-state index >= 15 is 0 Å². The molecule has 2 rings (SSSR count). The fourth-order valence-electron chi connectivity index (χ4n) is 2.08. The lowest BCUT2D eigenvalue weighted by Crippen LogP contribution is -2.36. The molecule has 0 heterocycles. The van der Waals surface area contributed by atoms with Crippen LogP contribution in [0.25, 0.3) is 0 Å². The molecule has 2 aromatic rings. The second-order valence-electron chi connectivity index (χ2n) is 5.33. The molecule has 0 atom stereocenters. The van der Waals surface area contributed by atoms with Gasteiger partial charge in [-0.25, -0.2) is 0 Å². The van der Waals surface area contributed by atoms with Crippen LogP contribution < -0.4 is 16.4 Å². The Morgan fingerprint density at radius 2 is 1.43 bits per heavy atom. The number of amides is 1. The van der Waals surface area contributed by atoms with E-state index in [9.17, 15) is 4.79 Å². The van der Waals surface area contributed by atoms with Crippen LogP contribution in [0.5, 0.6) is 0 Å². The van der Waals surface area contributed by atoms with Crippen molar-refractivity contribution in [2.24, 2.45) is 10.7 Å². The van der Waals surface area contributed by atoms with E-state index in [0.717, 1.165) is 11.5 Å². The Morgan fingerprint density at radius 1 is 0.957 bits per heavy atom. The van der Waals surface area contributed by atoms with Gasteiger partial charge in [0.2, 0.25) is 5.91 Å². The third-order valence-corrected chi connectivity index (χ3v) is 3.50. The molecule has 4 N–H and O–H groups in total. The maximum atomic E-state index is 11.0. The zero-order valence-corrected chi connectivity index (χ0v) is 13.5. The first-order valence-electron chi connectivity index (χ1n) is 7.47. The quantitative estimate of drug-likeness (QED) is 0.583. The molecule has 5 nitrogen and oxygen atoms in total. The summed E-state index contributed by atoms with van der Waals surface area (Å²) in [5, 5.41) is 6.51. The average molecular weight is 310 g/mol. The van der Waals surface area contributed by atoms with E-state index in [-0.39, 0.29) is 0 Å². The highest BCUT2D eigenvalue weighted by Crippen LogP contribution is 2.04. The molecule has 23 heavy (non-hydrogen) atoms. The van der Waals surface area contributed by atoms with Gasteiger partial charge in [0.1, 0.15) is 0 Å². The Labute approximate surface area is 136 Å². The summed E-state index contributed by atoms with van der Waals surface area (Å²) in [6.07, 6.45) is 0. The van der Waals surface area contributed by atoms with Gasteiger partial charge in [0.05, 0.1) is 0 Å². The lowest BCUT2D eigenvalue weighted by molar-refractivity contribution is 0.100. The lowest BCUT2D eigenvalue weighted by Gasteiger charge is -2.12. The van der Waals surface area contributed by atoms with Crippen molar-refractivity contribution in [3.05, 3.63) is 70.8 Å². The molecule has 0 aliphatic rings. The summed E-state index contributed by atoms with van der Waals surface area (Å²) in [4.78, 5) is 15.2. The minimum atomic E-state index is -0.417. The van der Waals surface area contributed by atoms with Crippen LogP contribution in [-0.2, 0) is 13.1 Å². The molecule has 1 amide bonds. The SMILES string of the molecule is CN=C(NCc1ccc(C)cc1)NCc1ccc(C(N)=O)cc1. The number of hydrogen-bond acceptors (Lipinski definition) is 2. The fourth-order valence-corrected chi connectivity index (χ4v) is 2.08. The number of nitrogens with one attached hydrogen (secondary N) is 2. The monoisotopic (exact) mass is 310 g/mol. The number of rotatable bonds is 5. The van der Waals surface area contributed by atoms with Crippen LogP contribution in [0.2, 0.25) is 0 Å². The van der Waals surface area contributed by atoms with Crippen LogP contribution in [0.3, 0.4) is 0 Å². The molecule has 0 unspecified atom stereocenters. The average Bonchev–Trinajstić information content (AvgIpc) is 2.57. The van der Waals surface area contributed by atoms with Gasteiger partial charge in [0, 0.05) is 25.7 Å². The highest BCUT2D eigenvalue weighted by atomic mass is 16.1. The smallest absolute Gasteiger partial charge is 0.248 e. The first-order chi connectivity index (χ1) is 11.1. The summed E-state index contributed by atoms with van der Waals surface area (Å²) in [7, 11) is 1.74. The predicted octanol–water partition coefficient (Wildman–Crippen LogP) is 1.96. The van der Waals surface area contributed by atoms with Gasteiger partial charge < -0.3 is 16.4 Å². The van der Waals surface area contributed by atoms with Crippen LogP contribution in [0.15, 0.2) is 53.5 Å². The molecule has 0 bridgehead atoms. The van der Waals surface area contributed by atoms with E-state index < -0.39 is 5.91 Å². The number of carbonyl (C=O) groups is 1. The first kappa shape index (κ1) is 16.5. The summed E-state index contributed by atoms with van der Waals surface area (Å²) in [6, 6.07) is 15.6. The first-order valence-corrected chi connectivity index (χ1v) is 7.47. The van der Waals surface area contributed by atoms with Crippen molar-refractivity contribution in [2.45, 2.75) is 20.0 Å². The van der Waals surface area contributed by atoms with Crippen LogP contribution in [0.4, 0.5) is 0 Å². The Kier molecular flexibility index (Phi) is 5.74. The van der Waals surface area contributed by atoms with Crippen LogP contribution in [0, 0.1) is 6.92 Å². The number of carbonyl (C=O) groups excluding carboxylic acids is 1. The summed E-state index contributed by atoms with van der Waals surface area (Å²) in [5.41, 5.74) is 9.23. The van der Waals surface area contributed by atoms with Crippen LogP contribution in [0.1, 0.15) is 27.0 Å². The molecule has 0 saturated carbocycles. The molecule has 5 heteroatoms. The van der Waals surface area contributed by atoms with Crippen LogP contribution in [-0.4, -0.2) is 18.9 Å². The van der Waals surface area contributed by atoms with Gasteiger partial charge in [-0.2, -0.15) is 0 Å². The molecule has 2 aromatic carbocycles. The molecule has 0 fully saturated rings. The molecular formula is C18H22N4O. The van der Waals surface area contributed by atoms with Gasteiger partial charge in [-0.05, 0) is 30.2 Å². The number of aliphatic imine (C=N–C) groups is 1. The topological polar surface area (TPSA) is 79.5 Å². The van der Waals surface area contributed by atoms with Crippen molar-refractivity contribution in [1.82, 2.24) is 10.6 Å². The molecule has 0 saturated heterocycles. The molecule has 0 aliphatic carbocycles. The molecule has 120 valence electrons. The highest BCUT2D eigenvalue weighted by molar-refractivity contribution is 5.92. The maximum absolute atomic E-state index is 11.0. The summed E-state index contributed by atoms with van der Waals surface area (Å²) in [6.45, 7) is 3.40. The number of benzene rings is 2. The van der Waals surface area contributed by atoms with E-state index in [1.54, 1.807) is 19.2 Å². The van der Waals surface area contributed by atoms with Crippen LogP contribution >= 0.6 is 0 Å². The highest BCUT2D eigenvalue weighted by Gasteiger charge is 2.02. The Morgan fingerprint density at radius 3 is 1.87 bits per heavy atom. The standard InChI is InChI=1S/C18H22N4O/c1-13-3-5-14(6-4-13)11-21-18(20-2)22-12-15-7-9-16(10-8-15)17(19)23/h3-10H,11-12H2,1-2H3,(H2,19,23)(H2,20,21,22). The number of aryl methyl sites for hydroxylation is 1.